The summed E-state index contributed by atoms with van der Waals surface area (Å²) in [5.41, 5.74) is 0.446. The lowest BCUT2D eigenvalue weighted by Gasteiger charge is -1.97. The average Bonchev–Trinajstić information content (AvgIpc) is 2.75. The molecule has 0 saturated carbocycles. The molecule has 1 heterocycles. The van der Waals surface area contributed by atoms with E-state index in [1.54, 1.807) is 10.8 Å². The number of hydrogen-bond acceptors (Lipinski definition) is 4. The van der Waals surface area contributed by atoms with Crippen LogP contribution in [0.3, 0.4) is 0 Å². The molecule has 100 valence electrons. The Bertz CT molecular complexity index is 598. The van der Waals surface area contributed by atoms with Gasteiger partial charge in [0.05, 0.1) is 10.3 Å². The van der Waals surface area contributed by atoms with Crippen LogP contribution in [0.15, 0.2) is 39.8 Å². The quantitative estimate of drug-likeness (QED) is 0.299. The van der Waals surface area contributed by atoms with E-state index in [4.69, 9.17) is 0 Å². The smallest absolute Gasteiger partial charge is 0.305 e. The SMILES string of the molecule is O=C(C[n+]1ccsc1Br)c1ccc([N+](=O)[O-])cc1.[Br-]. The fraction of sp³-hybridized carbons (Fsp3) is 0.0909. The Morgan fingerprint density at radius 2 is 2.00 bits per heavy atom. The molecule has 0 unspecified atom stereocenters. The number of halogens is 2. The minimum Gasteiger partial charge on any atom is -1.00 e. The number of hydrogen-bond donors (Lipinski definition) is 0. The van der Waals surface area contributed by atoms with Crippen molar-refractivity contribution in [2.75, 3.05) is 0 Å². The minimum atomic E-state index is -0.488. The summed E-state index contributed by atoms with van der Waals surface area (Å²) in [5, 5.41) is 12.4. The van der Waals surface area contributed by atoms with Gasteiger partial charge in [-0.25, -0.2) is 0 Å². The molecule has 0 atom stereocenters. The number of non-ortho nitro benzene ring substituents is 1. The molecule has 2 rings (SSSR count). The molecule has 0 aliphatic carbocycles. The average molecular weight is 408 g/mol. The molecule has 5 nitrogen and oxygen atoms in total. The van der Waals surface area contributed by atoms with E-state index in [0.717, 1.165) is 3.92 Å². The third-order valence-electron chi connectivity index (χ3n) is 2.35. The van der Waals surface area contributed by atoms with E-state index in [1.807, 2.05) is 5.38 Å². The summed E-state index contributed by atoms with van der Waals surface area (Å²) < 4.78 is 2.63. The van der Waals surface area contributed by atoms with Gasteiger partial charge in [-0.05, 0) is 12.1 Å². The van der Waals surface area contributed by atoms with Crippen molar-refractivity contribution in [3.63, 3.8) is 0 Å². The van der Waals surface area contributed by atoms with E-state index in [1.165, 1.54) is 35.6 Å². The van der Waals surface area contributed by atoms with Crippen LogP contribution in [0.4, 0.5) is 5.69 Å². The number of carbonyl (C=O) groups is 1. The number of carbonyl (C=O) groups excluding carboxylic acids is 1. The largest absolute Gasteiger partial charge is 1.00 e. The van der Waals surface area contributed by atoms with Crippen LogP contribution in [0.5, 0.6) is 0 Å². The summed E-state index contributed by atoms with van der Waals surface area (Å²) in [7, 11) is 0. The van der Waals surface area contributed by atoms with Gasteiger partial charge in [-0.1, -0.05) is 11.3 Å². The first-order chi connectivity index (χ1) is 8.58. The number of Topliss-reactive ketones (excluding diaryl/α,β-unsaturated/α-hetero) is 1. The van der Waals surface area contributed by atoms with Crippen molar-refractivity contribution >= 4 is 38.7 Å². The highest BCUT2D eigenvalue weighted by atomic mass is 79.9. The van der Waals surface area contributed by atoms with Gasteiger partial charge in [-0.15, -0.1) is 0 Å². The summed E-state index contributed by atoms with van der Waals surface area (Å²) >= 11 is 4.82. The van der Waals surface area contributed by atoms with E-state index in [-0.39, 0.29) is 35.0 Å². The fourth-order valence-electron chi connectivity index (χ4n) is 1.42. The first-order valence-corrected chi connectivity index (χ1v) is 6.65. The zero-order valence-electron chi connectivity index (χ0n) is 9.45. The second kappa shape index (κ2) is 6.88. The van der Waals surface area contributed by atoms with Crippen molar-refractivity contribution in [2.24, 2.45) is 0 Å². The predicted octanol–water partition coefficient (Wildman–Crippen LogP) is -0.407. The Labute approximate surface area is 131 Å². The lowest BCUT2D eigenvalue weighted by Crippen LogP contribution is -3.00. The fourth-order valence-corrected chi connectivity index (χ4v) is 2.56. The molecule has 0 fully saturated rings. The maximum atomic E-state index is 11.9. The normalized spacial score (nSPS) is 9.74. The summed E-state index contributed by atoms with van der Waals surface area (Å²) in [6.45, 7) is 0.210. The van der Waals surface area contributed by atoms with E-state index in [0.29, 0.717) is 5.56 Å². The molecule has 0 aliphatic heterocycles. The van der Waals surface area contributed by atoms with Gasteiger partial charge in [0.1, 0.15) is 0 Å². The van der Waals surface area contributed by atoms with Crippen LogP contribution < -0.4 is 21.5 Å². The molecule has 8 heteroatoms. The molecule has 0 saturated heterocycles. The maximum absolute atomic E-state index is 11.9. The van der Waals surface area contributed by atoms with Gasteiger partial charge in [-0.3, -0.25) is 14.9 Å². The van der Waals surface area contributed by atoms with Gasteiger partial charge in [-0.2, -0.15) is 4.57 Å². The van der Waals surface area contributed by atoms with Gasteiger partial charge in [0.2, 0.25) is 12.3 Å². The Kier molecular flexibility index (Phi) is 5.77. The topological polar surface area (TPSA) is 64.1 Å². The van der Waals surface area contributed by atoms with Crippen molar-refractivity contribution in [1.29, 1.82) is 0 Å². The standard InChI is InChI=1S/C11H8BrN2O3S.BrH/c12-11-13(5-6-18-11)7-10(15)8-1-3-9(4-2-8)14(16)17;/h1-6H,7H2;1H/q+1;/p-1. The van der Waals surface area contributed by atoms with E-state index >= 15 is 0 Å². The summed E-state index contributed by atoms with van der Waals surface area (Å²) in [5.74, 6) is -0.0889. The molecule has 1 aromatic carbocycles. The number of ketones is 1. The van der Waals surface area contributed by atoms with Crippen molar-refractivity contribution in [3.8, 4) is 0 Å². The zero-order valence-corrected chi connectivity index (χ0v) is 13.4. The number of aromatic nitrogens is 1. The number of benzene rings is 1. The van der Waals surface area contributed by atoms with Crippen LogP contribution in [0.25, 0.3) is 0 Å². The lowest BCUT2D eigenvalue weighted by molar-refractivity contribution is -0.688. The number of thiazole rings is 1. The first-order valence-electron chi connectivity index (χ1n) is 4.98. The van der Waals surface area contributed by atoms with Crippen molar-refractivity contribution in [1.82, 2.24) is 0 Å². The third-order valence-corrected chi connectivity index (χ3v) is 4.05. The molecule has 0 N–H and O–H groups in total. The lowest BCUT2D eigenvalue weighted by atomic mass is 10.1. The van der Waals surface area contributed by atoms with Crippen LogP contribution in [-0.4, -0.2) is 10.7 Å². The first kappa shape index (κ1) is 15.9. The molecule has 0 aliphatic rings. The van der Waals surface area contributed by atoms with Gasteiger partial charge in [0, 0.05) is 33.6 Å². The highest BCUT2D eigenvalue weighted by Crippen LogP contribution is 2.13. The Morgan fingerprint density at radius 1 is 1.37 bits per heavy atom. The molecule has 0 spiro atoms. The maximum Gasteiger partial charge on any atom is 0.305 e. The van der Waals surface area contributed by atoms with Crippen LogP contribution in [0.2, 0.25) is 0 Å². The molecule has 19 heavy (non-hydrogen) atoms. The predicted molar refractivity (Wildman–Crippen MR) is 69.6 cm³/mol. The Hall–Kier alpha value is -1.12. The van der Waals surface area contributed by atoms with Gasteiger partial charge in [0.15, 0.2) is 6.20 Å². The third kappa shape index (κ3) is 3.92. The minimum absolute atomic E-state index is 0. The van der Waals surface area contributed by atoms with Crippen LogP contribution >= 0.6 is 27.3 Å². The molecule has 2 aromatic rings. The second-order valence-electron chi connectivity index (χ2n) is 3.51. The van der Waals surface area contributed by atoms with Crippen LogP contribution in [0.1, 0.15) is 10.4 Å². The number of nitro groups is 1. The summed E-state index contributed by atoms with van der Waals surface area (Å²) in [6.07, 6.45) is 1.80. The molecule has 0 bridgehead atoms. The highest BCUT2D eigenvalue weighted by molar-refractivity contribution is 9.11. The molecular formula is C11H8Br2N2O3S. The Morgan fingerprint density at radius 3 is 2.47 bits per heavy atom. The van der Waals surface area contributed by atoms with Crippen LogP contribution in [0, 0.1) is 10.1 Å². The number of nitro benzene ring substituents is 1. The molecule has 1 aromatic heterocycles. The van der Waals surface area contributed by atoms with Crippen molar-refractivity contribution in [3.05, 3.63) is 55.4 Å². The Balaban J connectivity index is 0.00000180. The van der Waals surface area contributed by atoms with Gasteiger partial charge < -0.3 is 17.0 Å². The van der Waals surface area contributed by atoms with Gasteiger partial charge >= 0.3 is 3.92 Å². The van der Waals surface area contributed by atoms with Crippen molar-refractivity contribution < 1.29 is 31.3 Å². The number of rotatable bonds is 4. The summed E-state index contributed by atoms with van der Waals surface area (Å²) in [6, 6.07) is 5.61. The van der Waals surface area contributed by atoms with E-state index in [2.05, 4.69) is 15.9 Å². The zero-order chi connectivity index (χ0) is 13.1. The molecule has 0 radical (unpaired) electrons. The number of nitrogens with zero attached hydrogens (tertiary/aromatic N) is 2. The summed E-state index contributed by atoms with van der Waals surface area (Å²) in [4.78, 5) is 21.9. The van der Waals surface area contributed by atoms with Gasteiger partial charge in [0.25, 0.3) is 5.69 Å². The van der Waals surface area contributed by atoms with Crippen LogP contribution in [-0.2, 0) is 6.54 Å². The van der Waals surface area contributed by atoms with E-state index < -0.39 is 4.92 Å². The van der Waals surface area contributed by atoms with E-state index in [9.17, 15) is 14.9 Å². The van der Waals surface area contributed by atoms with Crippen molar-refractivity contribution in [2.45, 2.75) is 6.54 Å². The highest BCUT2D eigenvalue weighted by Gasteiger charge is 2.17. The molecule has 0 amide bonds. The monoisotopic (exact) mass is 406 g/mol. The second-order valence-corrected chi connectivity index (χ2v) is 5.68. The molecular weight excluding hydrogens is 400 g/mol.